The molecule has 0 aliphatic carbocycles. The highest BCUT2D eigenvalue weighted by molar-refractivity contribution is 5.51. The molecule has 2 aromatic carbocycles. The lowest BCUT2D eigenvalue weighted by Gasteiger charge is -2.33. The van der Waals surface area contributed by atoms with Crippen LogP contribution in [-0.4, -0.2) is 39.1 Å². The number of aryl methyl sites for hydroxylation is 1. The van der Waals surface area contributed by atoms with Crippen molar-refractivity contribution in [3.05, 3.63) is 71.3 Å². The summed E-state index contributed by atoms with van der Waals surface area (Å²) in [7, 11) is 0. The van der Waals surface area contributed by atoms with Gasteiger partial charge in [-0.3, -0.25) is 4.57 Å². The van der Waals surface area contributed by atoms with Crippen molar-refractivity contribution in [1.29, 1.82) is 0 Å². The third kappa shape index (κ3) is 3.00. The van der Waals surface area contributed by atoms with Crippen LogP contribution in [0.3, 0.4) is 0 Å². The molecular weight excluding hydrogens is 348 g/mol. The van der Waals surface area contributed by atoms with E-state index in [-0.39, 0.29) is 0 Å². The number of anilines is 1. The van der Waals surface area contributed by atoms with Crippen LogP contribution in [0.25, 0.3) is 5.69 Å². The second-order valence-corrected chi connectivity index (χ2v) is 8.05. The molecule has 5 heteroatoms. The summed E-state index contributed by atoms with van der Waals surface area (Å²) >= 11 is 0. The molecule has 0 radical (unpaired) electrons. The van der Waals surface area contributed by atoms with Gasteiger partial charge in [0.25, 0.3) is 0 Å². The van der Waals surface area contributed by atoms with E-state index < -0.39 is 6.10 Å². The Labute approximate surface area is 165 Å². The molecule has 0 bridgehead atoms. The maximum absolute atomic E-state index is 10.5. The van der Waals surface area contributed by atoms with Crippen molar-refractivity contribution >= 4 is 5.69 Å². The zero-order valence-electron chi connectivity index (χ0n) is 16.3. The summed E-state index contributed by atoms with van der Waals surface area (Å²) in [6.07, 6.45) is 2.96. The zero-order chi connectivity index (χ0) is 19.1. The van der Waals surface area contributed by atoms with Crippen LogP contribution in [0.15, 0.2) is 48.5 Å². The average Bonchev–Trinajstić information content (AvgIpc) is 3.05. The highest BCUT2D eigenvalue weighted by Gasteiger charge is 2.30. The smallest absolute Gasteiger partial charge is 0.140 e. The van der Waals surface area contributed by atoms with Gasteiger partial charge in [0.05, 0.1) is 11.8 Å². The third-order valence-electron chi connectivity index (χ3n) is 6.16. The fraction of sp³-hybridized carbons (Fsp3) is 0.391. The van der Waals surface area contributed by atoms with E-state index in [0.29, 0.717) is 18.8 Å². The van der Waals surface area contributed by atoms with Crippen LogP contribution in [0.5, 0.6) is 0 Å². The Kier molecular flexibility index (Phi) is 4.40. The van der Waals surface area contributed by atoms with E-state index in [1.165, 1.54) is 22.5 Å². The Morgan fingerprint density at radius 1 is 0.929 bits per heavy atom. The van der Waals surface area contributed by atoms with Gasteiger partial charge in [0.2, 0.25) is 0 Å². The van der Waals surface area contributed by atoms with Gasteiger partial charge in [-0.05, 0) is 43.0 Å². The second-order valence-electron chi connectivity index (χ2n) is 8.05. The Balaban J connectivity index is 1.47. The number of para-hydroxylation sites is 2. The number of rotatable bonds is 2. The summed E-state index contributed by atoms with van der Waals surface area (Å²) in [5.41, 5.74) is 4.88. The van der Waals surface area contributed by atoms with Gasteiger partial charge in [0.15, 0.2) is 0 Å². The molecule has 0 spiro atoms. The topological polar surface area (TPSA) is 54.2 Å². The minimum absolute atomic E-state index is 0.393. The normalized spacial score (nSPS) is 19.8. The lowest BCUT2D eigenvalue weighted by atomic mass is 9.95. The highest BCUT2D eigenvalue weighted by atomic mass is 16.3. The minimum Gasteiger partial charge on any atom is -0.392 e. The van der Waals surface area contributed by atoms with Crippen LogP contribution in [0, 0.1) is 6.92 Å². The fourth-order valence-corrected chi connectivity index (χ4v) is 4.75. The summed E-state index contributed by atoms with van der Waals surface area (Å²) < 4.78 is 2.25. The monoisotopic (exact) mass is 374 g/mol. The van der Waals surface area contributed by atoms with E-state index in [0.717, 1.165) is 37.6 Å². The molecule has 1 atom stereocenters. The standard InChI is InChI=1S/C23H26N4O/c1-16-6-5-7-18-14-20(28)15-21-24-25-23(27(21)22(16)18)17-10-12-26(13-11-17)19-8-3-2-4-9-19/h2-9,17,20,28H,10-15H2,1H3/t20-/m0/s1. The first-order chi connectivity index (χ1) is 13.7. The molecule has 0 amide bonds. The number of hydrogen-bond acceptors (Lipinski definition) is 4. The average molecular weight is 374 g/mol. The van der Waals surface area contributed by atoms with Crippen LogP contribution in [0.4, 0.5) is 5.69 Å². The molecule has 5 rings (SSSR count). The minimum atomic E-state index is -0.404. The van der Waals surface area contributed by atoms with Crippen molar-refractivity contribution in [2.24, 2.45) is 0 Å². The van der Waals surface area contributed by atoms with Gasteiger partial charge in [-0.2, -0.15) is 0 Å². The van der Waals surface area contributed by atoms with Crippen molar-refractivity contribution in [1.82, 2.24) is 14.8 Å². The molecule has 3 aromatic rings. The Hall–Kier alpha value is -2.66. The van der Waals surface area contributed by atoms with Gasteiger partial charge < -0.3 is 10.0 Å². The molecule has 5 nitrogen and oxygen atoms in total. The number of hydrogen-bond donors (Lipinski definition) is 1. The van der Waals surface area contributed by atoms with Crippen LogP contribution in [-0.2, 0) is 12.8 Å². The molecule has 28 heavy (non-hydrogen) atoms. The van der Waals surface area contributed by atoms with E-state index in [1.807, 2.05) is 0 Å². The number of aliphatic hydroxyl groups excluding tert-OH is 1. The predicted octanol–water partition coefficient (Wildman–Crippen LogP) is 3.42. The number of benzene rings is 2. The van der Waals surface area contributed by atoms with Gasteiger partial charge in [-0.1, -0.05) is 36.4 Å². The first kappa shape index (κ1) is 17.4. The summed E-state index contributed by atoms with van der Waals surface area (Å²) in [6, 6.07) is 17.0. The highest BCUT2D eigenvalue weighted by Crippen LogP contribution is 2.34. The molecule has 2 aliphatic rings. The maximum atomic E-state index is 10.5. The Morgan fingerprint density at radius 2 is 1.71 bits per heavy atom. The predicted molar refractivity (Wildman–Crippen MR) is 110 cm³/mol. The van der Waals surface area contributed by atoms with Gasteiger partial charge in [-0.15, -0.1) is 10.2 Å². The van der Waals surface area contributed by atoms with Crippen molar-refractivity contribution in [2.45, 2.75) is 44.6 Å². The van der Waals surface area contributed by atoms with E-state index in [4.69, 9.17) is 0 Å². The second kappa shape index (κ2) is 7.06. The third-order valence-corrected chi connectivity index (χ3v) is 6.16. The van der Waals surface area contributed by atoms with Crippen LogP contribution >= 0.6 is 0 Å². The van der Waals surface area contributed by atoms with Crippen molar-refractivity contribution < 1.29 is 5.11 Å². The summed E-state index contributed by atoms with van der Waals surface area (Å²) in [4.78, 5) is 2.46. The van der Waals surface area contributed by atoms with Crippen LogP contribution < -0.4 is 4.90 Å². The Morgan fingerprint density at radius 3 is 2.50 bits per heavy atom. The molecular formula is C23H26N4O. The molecule has 144 valence electrons. The lowest BCUT2D eigenvalue weighted by molar-refractivity contribution is 0.174. The first-order valence-corrected chi connectivity index (χ1v) is 10.2. The summed E-state index contributed by atoms with van der Waals surface area (Å²) in [6.45, 7) is 4.20. The molecule has 1 aromatic heterocycles. The number of aliphatic hydroxyl groups is 1. The van der Waals surface area contributed by atoms with Crippen molar-refractivity contribution in [2.75, 3.05) is 18.0 Å². The van der Waals surface area contributed by atoms with Crippen LogP contribution in [0.1, 0.15) is 41.5 Å². The molecule has 0 unspecified atom stereocenters. The molecule has 2 aliphatic heterocycles. The summed E-state index contributed by atoms with van der Waals surface area (Å²) in [5.74, 6) is 2.34. The largest absolute Gasteiger partial charge is 0.392 e. The fourth-order valence-electron chi connectivity index (χ4n) is 4.75. The quantitative estimate of drug-likeness (QED) is 0.747. The molecule has 1 N–H and O–H groups in total. The van der Waals surface area contributed by atoms with E-state index >= 15 is 0 Å². The molecule has 1 saturated heterocycles. The van der Waals surface area contributed by atoms with Gasteiger partial charge in [-0.25, -0.2) is 0 Å². The SMILES string of the molecule is Cc1cccc2c1-n1c(nnc1C1CCN(c3ccccc3)CC1)C[C@@H](O)C2. The first-order valence-electron chi connectivity index (χ1n) is 10.2. The maximum Gasteiger partial charge on any atom is 0.140 e. The lowest BCUT2D eigenvalue weighted by Crippen LogP contribution is -2.33. The Bertz CT molecular complexity index is 974. The molecule has 0 saturated carbocycles. The number of aromatic nitrogens is 3. The van der Waals surface area contributed by atoms with E-state index in [2.05, 4.69) is 75.1 Å². The van der Waals surface area contributed by atoms with E-state index in [1.54, 1.807) is 0 Å². The van der Waals surface area contributed by atoms with Crippen molar-refractivity contribution in [3.8, 4) is 5.69 Å². The van der Waals surface area contributed by atoms with Crippen LogP contribution in [0.2, 0.25) is 0 Å². The number of piperidine rings is 1. The molecule has 3 heterocycles. The van der Waals surface area contributed by atoms with Gasteiger partial charge in [0.1, 0.15) is 11.6 Å². The summed E-state index contributed by atoms with van der Waals surface area (Å²) in [5, 5.41) is 19.6. The van der Waals surface area contributed by atoms with E-state index in [9.17, 15) is 5.11 Å². The van der Waals surface area contributed by atoms with Gasteiger partial charge in [0, 0.05) is 37.5 Å². The number of nitrogens with zero attached hydrogens (tertiary/aromatic N) is 4. The number of fused-ring (bicyclic) bond motifs is 3. The van der Waals surface area contributed by atoms with Crippen molar-refractivity contribution in [3.63, 3.8) is 0 Å². The zero-order valence-corrected chi connectivity index (χ0v) is 16.3. The van der Waals surface area contributed by atoms with Gasteiger partial charge >= 0.3 is 0 Å². The molecule has 1 fully saturated rings.